The topological polar surface area (TPSA) is 59.4 Å². The molecule has 4 rings (SSSR count). The van der Waals surface area contributed by atoms with E-state index < -0.39 is 18.2 Å². The molecule has 0 aliphatic heterocycles. The standard InChI is InChI=1S/C20H14F5N5/c21-18(22)19-26-9-16(27-19)13-3-1-12(2-4-13)10-30-11-17(28-29-30)14-5-7-15(8-6-14)20(23,24)25/h1-9,11,18H,10H2,(H,26,27). The summed E-state index contributed by atoms with van der Waals surface area (Å²) in [6.45, 7) is 0.388. The van der Waals surface area contributed by atoms with E-state index in [9.17, 15) is 22.0 Å². The first-order valence-corrected chi connectivity index (χ1v) is 8.80. The first-order chi connectivity index (χ1) is 14.3. The van der Waals surface area contributed by atoms with Crippen LogP contribution in [0.2, 0.25) is 0 Å². The van der Waals surface area contributed by atoms with E-state index >= 15 is 0 Å². The SMILES string of the molecule is FC(F)c1ncc(-c2ccc(Cn3cc(-c4ccc(C(F)(F)F)cc4)nn3)cc2)[nH]1. The Bertz CT molecular complexity index is 1130. The minimum atomic E-state index is -4.39. The third kappa shape index (κ3) is 4.22. The van der Waals surface area contributed by atoms with Gasteiger partial charge in [0.15, 0.2) is 5.82 Å². The number of hydrogen-bond donors (Lipinski definition) is 1. The van der Waals surface area contributed by atoms with E-state index in [0.29, 0.717) is 29.1 Å². The lowest BCUT2D eigenvalue weighted by molar-refractivity contribution is -0.137. The van der Waals surface area contributed by atoms with Crippen molar-refractivity contribution in [2.45, 2.75) is 19.1 Å². The molecule has 4 aromatic rings. The summed E-state index contributed by atoms with van der Waals surface area (Å²) in [5.74, 6) is -0.382. The zero-order chi connectivity index (χ0) is 21.3. The summed E-state index contributed by atoms with van der Waals surface area (Å²) >= 11 is 0. The van der Waals surface area contributed by atoms with Gasteiger partial charge in [-0.25, -0.2) is 18.4 Å². The molecule has 0 bridgehead atoms. The number of hydrogen-bond acceptors (Lipinski definition) is 3. The Morgan fingerprint density at radius 3 is 2.20 bits per heavy atom. The lowest BCUT2D eigenvalue weighted by Crippen LogP contribution is -2.03. The van der Waals surface area contributed by atoms with Crippen molar-refractivity contribution >= 4 is 0 Å². The molecule has 0 unspecified atom stereocenters. The van der Waals surface area contributed by atoms with Crippen molar-refractivity contribution in [1.82, 2.24) is 25.0 Å². The van der Waals surface area contributed by atoms with Crippen molar-refractivity contribution in [3.05, 3.63) is 77.9 Å². The van der Waals surface area contributed by atoms with E-state index in [-0.39, 0.29) is 5.82 Å². The Labute approximate surface area is 167 Å². The van der Waals surface area contributed by atoms with E-state index in [1.165, 1.54) is 18.3 Å². The minimum Gasteiger partial charge on any atom is -0.337 e. The lowest BCUT2D eigenvalue weighted by atomic mass is 10.1. The monoisotopic (exact) mass is 419 g/mol. The normalized spacial score (nSPS) is 11.9. The molecule has 5 nitrogen and oxygen atoms in total. The van der Waals surface area contributed by atoms with Gasteiger partial charge in [-0.05, 0) is 23.3 Å². The van der Waals surface area contributed by atoms with Crippen molar-refractivity contribution < 1.29 is 22.0 Å². The van der Waals surface area contributed by atoms with Crippen LogP contribution in [0.1, 0.15) is 23.4 Å². The summed E-state index contributed by atoms with van der Waals surface area (Å²) in [6, 6.07) is 11.9. The molecule has 0 aliphatic rings. The number of nitrogens with zero attached hydrogens (tertiary/aromatic N) is 4. The molecule has 0 aliphatic carbocycles. The molecule has 0 saturated heterocycles. The fraction of sp³-hybridized carbons (Fsp3) is 0.150. The van der Waals surface area contributed by atoms with Crippen LogP contribution in [0, 0.1) is 0 Å². The van der Waals surface area contributed by atoms with Gasteiger partial charge in [0.1, 0.15) is 5.69 Å². The molecule has 2 aromatic carbocycles. The predicted octanol–water partition coefficient (Wildman–Crippen LogP) is 5.34. The van der Waals surface area contributed by atoms with Crippen LogP contribution in [0.25, 0.3) is 22.5 Å². The number of rotatable bonds is 5. The Balaban J connectivity index is 1.46. The Hall–Kier alpha value is -3.56. The molecular formula is C20H14F5N5. The molecule has 154 valence electrons. The van der Waals surface area contributed by atoms with E-state index in [1.807, 2.05) is 12.1 Å². The zero-order valence-corrected chi connectivity index (χ0v) is 15.2. The van der Waals surface area contributed by atoms with Crippen LogP contribution in [-0.2, 0) is 12.7 Å². The number of halogens is 5. The van der Waals surface area contributed by atoms with E-state index in [2.05, 4.69) is 20.3 Å². The minimum absolute atomic E-state index is 0.382. The third-order valence-corrected chi connectivity index (χ3v) is 4.46. The van der Waals surface area contributed by atoms with E-state index in [1.54, 1.807) is 23.0 Å². The van der Waals surface area contributed by atoms with E-state index in [0.717, 1.165) is 17.7 Å². The molecule has 10 heteroatoms. The van der Waals surface area contributed by atoms with Crippen LogP contribution in [0.3, 0.4) is 0 Å². The average molecular weight is 419 g/mol. The molecule has 2 heterocycles. The van der Waals surface area contributed by atoms with Crippen molar-refractivity contribution in [2.24, 2.45) is 0 Å². The first kappa shape index (κ1) is 19.7. The fourth-order valence-electron chi connectivity index (χ4n) is 2.91. The number of alkyl halides is 5. The van der Waals surface area contributed by atoms with Gasteiger partial charge in [-0.1, -0.05) is 41.6 Å². The Morgan fingerprint density at radius 2 is 1.60 bits per heavy atom. The summed E-state index contributed by atoms with van der Waals surface area (Å²) < 4.78 is 64.9. The van der Waals surface area contributed by atoms with Crippen LogP contribution < -0.4 is 0 Å². The maximum Gasteiger partial charge on any atom is 0.416 e. The Morgan fingerprint density at radius 1 is 0.933 bits per heavy atom. The largest absolute Gasteiger partial charge is 0.416 e. The van der Waals surface area contributed by atoms with Gasteiger partial charge in [0.2, 0.25) is 0 Å². The Kier molecular flexibility index (Phi) is 5.06. The maximum atomic E-state index is 12.7. The number of nitrogens with one attached hydrogen (secondary N) is 1. The molecule has 0 fully saturated rings. The van der Waals surface area contributed by atoms with Crippen LogP contribution in [0.15, 0.2) is 60.9 Å². The molecule has 0 radical (unpaired) electrons. The summed E-state index contributed by atoms with van der Waals surface area (Å²) in [4.78, 5) is 6.22. The summed E-state index contributed by atoms with van der Waals surface area (Å²) in [5, 5.41) is 8.01. The van der Waals surface area contributed by atoms with Gasteiger partial charge >= 0.3 is 6.18 Å². The van der Waals surface area contributed by atoms with Gasteiger partial charge in [0, 0.05) is 5.56 Å². The molecule has 0 atom stereocenters. The number of imidazole rings is 1. The van der Waals surface area contributed by atoms with Crippen molar-refractivity contribution in [3.63, 3.8) is 0 Å². The highest BCUT2D eigenvalue weighted by Gasteiger charge is 2.30. The van der Waals surface area contributed by atoms with Crippen LogP contribution in [-0.4, -0.2) is 25.0 Å². The van der Waals surface area contributed by atoms with Gasteiger partial charge in [-0.3, -0.25) is 0 Å². The number of H-pyrrole nitrogens is 1. The molecule has 0 saturated carbocycles. The zero-order valence-electron chi connectivity index (χ0n) is 15.2. The predicted molar refractivity (Wildman–Crippen MR) is 98.5 cm³/mol. The van der Waals surface area contributed by atoms with Gasteiger partial charge < -0.3 is 4.98 Å². The smallest absolute Gasteiger partial charge is 0.337 e. The third-order valence-electron chi connectivity index (χ3n) is 4.46. The second-order valence-electron chi connectivity index (χ2n) is 6.56. The number of benzene rings is 2. The van der Waals surface area contributed by atoms with Crippen LogP contribution in [0.4, 0.5) is 22.0 Å². The van der Waals surface area contributed by atoms with Gasteiger partial charge in [-0.15, -0.1) is 5.10 Å². The summed E-state index contributed by atoms with van der Waals surface area (Å²) in [7, 11) is 0. The summed E-state index contributed by atoms with van der Waals surface area (Å²) in [6.07, 6.45) is -4.06. The average Bonchev–Trinajstić information content (AvgIpc) is 3.38. The summed E-state index contributed by atoms with van der Waals surface area (Å²) in [5.41, 5.74) is 2.34. The maximum absolute atomic E-state index is 12.7. The van der Waals surface area contributed by atoms with Crippen LogP contribution >= 0.6 is 0 Å². The van der Waals surface area contributed by atoms with Crippen molar-refractivity contribution in [2.75, 3.05) is 0 Å². The highest BCUT2D eigenvalue weighted by molar-refractivity contribution is 5.59. The number of aromatic nitrogens is 5. The second-order valence-corrected chi connectivity index (χ2v) is 6.56. The molecule has 1 N–H and O–H groups in total. The second kappa shape index (κ2) is 7.69. The molecular weight excluding hydrogens is 405 g/mol. The van der Waals surface area contributed by atoms with Gasteiger partial charge in [-0.2, -0.15) is 13.2 Å². The highest BCUT2D eigenvalue weighted by Crippen LogP contribution is 2.30. The first-order valence-electron chi connectivity index (χ1n) is 8.80. The van der Waals surface area contributed by atoms with Crippen LogP contribution in [0.5, 0.6) is 0 Å². The highest BCUT2D eigenvalue weighted by atomic mass is 19.4. The molecule has 0 spiro atoms. The fourth-order valence-corrected chi connectivity index (χ4v) is 2.91. The molecule has 30 heavy (non-hydrogen) atoms. The van der Waals surface area contributed by atoms with E-state index in [4.69, 9.17) is 0 Å². The molecule has 2 aromatic heterocycles. The number of aromatic amines is 1. The lowest BCUT2D eigenvalue weighted by Gasteiger charge is -2.06. The molecule has 0 amide bonds. The van der Waals surface area contributed by atoms with Crippen molar-refractivity contribution in [3.8, 4) is 22.5 Å². The quantitative estimate of drug-likeness (QED) is 0.444. The van der Waals surface area contributed by atoms with Crippen molar-refractivity contribution in [1.29, 1.82) is 0 Å². The van der Waals surface area contributed by atoms with Gasteiger partial charge in [0.25, 0.3) is 6.43 Å². The van der Waals surface area contributed by atoms with Gasteiger partial charge in [0.05, 0.1) is 30.2 Å².